The van der Waals surface area contributed by atoms with E-state index in [2.05, 4.69) is 4.99 Å². The van der Waals surface area contributed by atoms with Crippen LogP contribution in [0.5, 0.6) is 0 Å². The van der Waals surface area contributed by atoms with E-state index in [0.717, 1.165) is 16.1 Å². The number of esters is 1. The Morgan fingerprint density at radius 2 is 1.94 bits per heavy atom. The average Bonchev–Trinajstić information content (AvgIpc) is 3.50. The summed E-state index contributed by atoms with van der Waals surface area (Å²) in [4.78, 5) is 47.6. The van der Waals surface area contributed by atoms with Gasteiger partial charge in [-0.05, 0) is 30.4 Å². The summed E-state index contributed by atoms with van der Waals surface area (Å²) in [6.45, 7) is 5.97. The molecule has 2 aromatic heterocycles. The number of hydrogen-bond donors (Lipinski definition) is 0. The monoisotopic (exact) mass is 493 g/mol. The first kappa shape index (κ1) is 22.5. The molecule has 0 radical (unpaired) electrons. The third kappa shape index (κ3) is 3.47. The van der Waals surface area contributed by atoms with Crippen LogP contribution in [0.4, 0.5) is 5.69 Å². The van der Waals surface area contributed by atoms with Crippen LogP contribution in [0.15, 0.2) is 62.8 Å². The van der Waals surface area contributed by atoms with Crippen LogP contribution in [-0.4, -0.2) is 30.1 Å². The molecule has 9 heteroatoms. The summed E-state index contributed by atoms with van der Waals surface area (Å²) >= 11 is 2.64. The average molecular weight is 494 g/mol. The molecule has 0 N–H and O–H groups in total. The minimum Gasteiger partial charge on any atom is -0.462 e. The zero-order chi connectivity index (χ0) is 24.1. The largest absolute Gasteiger partial charge is 0.462 e. The van der Waals surface area contributed by atoms with Crippen molar-refractivity contribution in [1.82, 2.24) is 4.57 Å². The number of fused-ring (bicyclic) bond motifs is 2. The highest BCUT2D eigenvalue weighted by atomic mass is 32.1. The van der Waals surface area contributed by atoms with Gasteiger partial charge in [0.1, 0.15) is 10.6 Å². The lowest BCUT2D eigenvalue weighted by atomic mass is 10.0. The number of carbonyl (C=O) groups is 2. The lowest BCUT2D eigenvalue weighted by Gasteiger charge is -2.23. The molecule has 7 nitrogen and oxygen atoms in total. The molecule has 5 rings (SSSR count). The number of amides is 1. The van der Waals surface area contributed by atoms with Gasteiger partial charge in [0.05, 0.1) is 29.1 Å². The fraction of sp³-hybridized carbons (Fsp3) is 0.280. The number of allylic oxidation sites excluding steroid dienone is 1. The molecule has 0 fully saturated rings. The molecule has 174 valence electrons. The second-order valence-electron chi connectivity index (χ2n) is 8.67. The van der Waals surface area contributed by atoms with Crippen LogP contribution in [0.25, 0.3) is 5.57 Å². The zero-order valence-corrected chi connectivity index (χ0v) is 20.8. The van der Waals surface area contributed by atoms with Crippen molar-refractivity contribution in [1.29, 1.82) is 0 Å². The van der Waals surface area contributed by atoms with Crippen LogP contribution in [0.2, 0.25) is 0 Å². The van der Waals surface area contributed by atoms with E-state index < -0.39 is 12.0 Å². The maximum absolute atomic E-state index is 13.9. The van der Waals surface area contributed by atoms with E-state index in [0.29, 0.717) is 26.2 Å². The van der Waals surface area contributed by atoms with Crippen LogP contribution in [0, 0.1) is 5.92 Å². The van der Waals surface area contributed by atoms with Crippen LogP contribution in [0.1, 0.15) is 37.3 Å². The molecule has 34 heavy (non-hydrogen) atoms. The van der Waals surface area contributed by atoms with Crippen molar-refractivity contribution in [2.75, 3.05) is 18.6 Å². The lowest BCUT2D eigenvalue weighted by Crippen LogP contribution is -2.40. The zero-order valence-electron chi connectivity index (χ0n) is 19.2. The van der Waals surface area contributed by atoms with Gasteiger partial charge < -0.3 is 9.64 Å². The number of aromatic nitrogens is 1. The number of thiazole rings is 1. The quantitative estimate of drug-likeness (QED) is 0.524. The molecule has 0 saturated carbocycles. The summed E-state index contributed by atoms with van der Waals surface area (Å²) < 4.78 is 7.41. The van der Waals surface area contributed by atoms with Crippen molar-refractivity contribution < 1.29 is 14.3 Å². The fourth-order valence-corrected chi connectivity index (χ4v) is 6.22. The first-order chi connectivity index (χ1) is 16.3. The Morgan fingerprint density at radius 3 is 2.65 bits per heavy atom. The normalized spacial score (nSPS) is 18.8. The number of carbonyl (C=O) groups excluding carboxylic acids is 2. The number of nitrogens with zero attached hydrogens (tertiary/aromatic N) is 3. The fourth-order valence-electron chi connectivity index (χ4n) is 4.26. The maximum atomic E-state index is 13.9. The van der Waals surface area contributed by atoms with E-state index in [1.54, 1.807) is 18.9 Å². The second kappa shape index (κ2) is 8.48. The summed E-state index contributed by atoms with van der Waals surface area (Å²) in [7, 11) is 1.70. The van der Waals surface area contributed by atoms with Crippen molar-refractivity contribution in [3.05, 3.63) is 83.2 Å². The van der Waals surface area contributed by atoms with Crippen LogP contribution < -0.4 is 19.8 Å². The van der Waals surface area contributed by atoms with E-state index in [-0.39, 0.29) is 24.0 Å². The van der Waals surface area contributed by atoms with Gasteiger partial charge in [0.25, 0.3) is 11.5 Å². The Bertz CT molecular complexity index is 1530. The topological polar surface area (TPSA) is 81.0 Å². The molecule has 0 aliphatic carbocycles. The number of likely N-dealkylation sites (N-methyl/N-ethyl adjacent to an activating group) is 1. The Balaban J connectivity index is 1.76. The Morgan fingerprint density at radius 1 is 1.18 bits per heavy atom. The number of thiophene rings is 1. The van der Waals surface area contributed by atoms with Crippen LogP contribution >= 0.6 is 22.7 Å². The Labute approximate surface area is 203 Å². The van der Waals surface area contributed by atoms with Gasteiger partial charge in [-0.15, -0.1) is 11.3 Å². The molecule has 1 aromatic carbocycles. The number of benzene rings is 1. The van der Waals surface area contributed by atoms with Gasteiger partial charge in [-0.2, -0.15) is 0 Å². The maximum Gasteiger partial charge on any atom is 0.338 e. The highest BCUT2D eigenvalue weighted by molar-refractivity contribution is 7.10. The van der Waals surface area contributed by atoms with Crippen LogP contribution in [-0.2, 0) is 14.3 Å². The molecule has 1 unspecified atom stereocenters. The van der Waals surface area contributed by atoms with Crippen molar-refractivity contribution in [2.45, 2.75) is 26.8 Å². The van der Waals surface area contributed by atoms with Gasteiger partial charge in [0.2, 0.25) is 0 Å². The van der Waals surface area contributed by atoms with Crippen molar-refractivity contribution in [3.8, 4) is 0 Å². The summed E-state index contributed by atoms with van der Waals surface area (Å²) in [6.07, 6.45) is 0. The molecular weight excluding hydrogens is 470 g/mol. The number of ether oxygens (including phenoxy) is 1. The van der Waals surface area contributed by atoms with Crippen molar-refractivity contribution in [2.24, 2.45) is 10.9 Å². The van der Waals surface area contributed by atoms with Gasteiger partial charge in [-0.3, -0.25) is 14.2 Å². The summed E-state index contributed by atoms with van der Waals surface area (Å²) in [5, 5.41) is 1.91. The smallest absolute Gasteiger partial charge is 0.338 e. The SMILES string of the molecule is CC1=C(C(=O)OCC(C)C)C(c2cccs2)n2c(sc(=C3C(=O)N(C)c4ccccc43)c2=O)=N1. The molecule has 3 aromatic rings. The highest BCUT2D eigenvalue weighted by Gasteiger charge is 2.36. The first-order valence-electron chi connectivity index (χ1n) is 10.9. The van der Waals surface area contributed by atoms with E-state index >= 15 is 0 Å². The molecule has 2 aliphatic rings. The number of para-hydroxylation sites is 1. The summed E-state index contributed by atoms with van der Waals surface area (Å²) in [5.74, 6) is -0.529. The molecule has 1 atom stereocenters. The van der Waals surface area contributed by atoms with Gasteiger partial charge in [0, 0.05) is 17.5 Å². The first-order valence-corrected chi connectivity index (χ1v) is 12.6. The predicted molar refractivity (Wildman–Crippen MR) is 133 cm³/mol. The van der Waals surface area contributed by atoms with E-state index in [1.165, 1.54) is 27.2 Å². The minimum absolute atomic E-state index is 0.179. The Kier molecular flexibility index (Phi) is 5.61. The van der Waals surface area contributed by atoms with Gasteiger partial charge in [0.15, 0.2) is 4.80 Å². The molecular formula is C25H23N3O4S2. The third-order valence-electron chi connectivity index (χ3n) is 5.86. The van der Waals surface area contributed by atoms with E-state index in [1.807, 2.05) is 55.6 Å². The van der Waals surface area contributed by atoms with E-state index in [4.69, 9.17) is 4.74 Å². The number of rotatable bonds is 4. The summed E-state index contributed by atoms with van der Waals surface area (Å²) in [6, 6.07) is 10.5. The highest BCUT2D eigenvalue weighted by Crippen LogP contribution is 2.35. The Hall–Kier alpha value is -3.30. The predicted octanol–water partition coefficient (Wildman–Crippen LogP) is 2.84. The molecule has 1 amide bonds. The second-order valence-corrected chi connectivity index (χ2v) is 10.6. The van der Waals surface area contributed by atoms with Crippen molar-refractivity contribution in [3.63, 3.8) is 0 Å². The molecule has 2 aliphatic heterocycles. The van der Waals surface area contributed by atoms with Gasteiger partial charge in [-0.25, -0.2) is 9.79 Å². The number of anilines is 1. The molecule has 0 spiro atoms. The lowest BCUT2D eigenvalue weighted by molar-refractivity contribution is -0.140. The standard InChI is InChI=1S/C25H23N3O4S2/c1-13(2)12-32-24(31)18-14(3)26-25-28(20(18)17-10-7-11-33-17)23(30)21(34-25)19-15-8-5-6-9-16(15)27(4)22(19)29/h5-11,13,20H,12H2,1-4H3. The number of hydrogen-bond acceptors (Lipinski definition) is 7. The van der Waals surface area contributed by atoms with Crippen molar-refractivity contribution >= 4 is 45.8 Å². The minimum atomic E-state index is -0.658. The van der Waals surface area contributed by atoms with Gasteiger partial charge >= 0.3 is 5.97 Å². The van der Waals surface area contributed by atoms with E-state index in [9.17, 15) is 14.4 Å². The molecule has 0 bridgehead atoms. The third-order valence-corrected chi connectivity index (χ3v) is 7.84. The summed E-state index contributed by atoms with van der Waals surface area (Å²) in [5.41, 5.74) is 2.38. The molecule has 0 saturated heterocycles. The molecule has 4 heterocycles. The van der Waals surface area contributed by atoms with Gasteiger partial charge in [-0.1, -0.05) is 49.4 Å². The van der Waals surface area contributed by atoms with Crippen LogP contribution in [0.3, 0.4) is 0 Å².